The van der Waals surface area contributed by atoms with Gasteiger partial charge in [0.25, 0.3) is 0 Å². The largest absolute Gasteiger partial charge is 0.359 e. The van der Waals surface area contributed by atoms with Crippen molar-refractivity contribution in [2.24, 2.45) is 0 Å². The molecule has 0 bridgehead atoms. The summed E-state index contributed by atoms with van der Waals surface area (Å²) in [7, 11) is 1.61. The Balaban J connectivity index is 2.25. The van der Waals surface area contributed by atoms with Gasteiger partial charge in [-0.15, -0.1) is 0 Å². The number of amides is 1. The van der Waals surface area contributed by atoms with E-state index >= 15 is 0 Å². The summed E-state index contributed by atoms with van der Waals surface area (Å²) in [5.41, 5.74) is 5.84. The lowest BCUT2D eigenvalue weighted by Crippen LogP contribution is -2.21. The van der Waals surface area contributed by atoms with Crippen LogP contribution >= 0.6 is 0 Å². The molecular weight excluding hydrogens is 254 g/mol. The van der Waals surface area contributed by atoms with Crippen LogP contribution in [0.2, 0.25) is 0 Å². The fraction of sp³-hybridized carbons (Fsp3) is 0.500. The highest BCUT2D eigenvalue weighted by Gasteiger charge is 2.20. The van der Waals surface area contributed by atoms with Crippen molar-refractivity contribution in [1.29, 1.82) is 0 Å². The minimum Gasteiger partial charge on any atom is -0.359 e. The molecule has 0 aromatic heterocycles. The molecule has 0 saturated carbocycles. The number of nitrogens with one attached hydrogen (secondary N) is 1. The van der Waals surface area contributed by atoms with E-state index in [9.17, 15) is 4.79 Å². The Morgan fingerprint density at radius 3 is 2.90 bits per heavy atom. The molecule has 0 saturated heterocycles. The monoisotopic (exact) mass is 276 g/mol. The van der Waals surface area contributed by atoms with Crippen LogP contribution in [0.4, 0.5) is 5.69 Å². The van der Waals surface area contributed by atoms with Gasteiger partial charge in [0.1, 0.15) is 6.79 Å². The van der Waals surface area contributed by atoms with Crippen molar-refractivity contribution in [1.82, 2.24) is 0 Å². The van der Waals surface area contributed by atoms with Crippen LogP contribution in [0.25, 0.3) is 0 Å². The normalized spacial score (nSPS) is 14.1. The third kappa shape index (κ3) is 3.19. The van der Waals surface area contributed by atoms with Gasteiger partial charge in [-0.25, -0.2) is 0 Å². The number of rotatable bonds is 6. The smallest absolute Gasteiger partial charge is 0.224 e. The van der Waals surface area contributed by atoms with Gasteiger partial charge in [0.15, 0.2) is 0 Å². The Morgan fingerprint density at radius 2 is 2.20 bits per heavy atom. The maximum atomic E-state index is 11.6. The van der Waals surface area contributed by atoms with E-state index in [2.05, 4.69) is 25.2 Å². The zero-order chi connectivity index (χ0) is 14.5. The number of aryl methyl sites for hydroxylation is 1. The standard InChI is InChI=1S/C16H22NO3/c1-4-12-9-13-5-6-15(18)17-16(13)11(2)14(12)7-8-20-10-19-3/h9H,1,4-8,10H2,2-3H3,(H,17,18). The van der Waals surface area contributed by atoms with E-state index in [1.807, 2.05) is 0 Å². The van der Waals surface area contributed by atoms with Gasteiger partial charge in [-0.3, -0.25) is 4.79 Å². The second kappa shape index (κ2) is 6.86. The number of ether oxygens (including phenoxy) is 2. The molecule has 1 amide bonds. The Bertz CT molecular complexity index is 497. The van der Waals surface area contributed by atoms with E-state index in [4.69, 9.17) is 9.47 Å². The van der Waals surface area contributed by atoms with Crippen molar-refractivity contribution in [2.45, 2.75) is 32.6 Å². The summed E-state index contributed by atoms with van der Waals surface area (Å²) in [6, 6.07) is 2.18. The number of hydrogen-bond donors (Lipinski definition) is 1. The summed E-state index contributed by atoms with van der Waals surface area (Å²) in [6.07, 6.45) is 2.94. The third-order valence-electron chi connectivity index (χ3n) is 3.74. The number of methoxy groups -OCH3 is 1. The van der Waals surface area contributed by atoms with Gasteiger partial charge in [0.05, 0.1) is 6.61 Å². The molecule has 0 atom stereocenters. The Labute approximate surface area is 120 Å². The van der Waals surface area contributed by atoms with Crippen LogP contribution in [0, 0.1) is 13.8 Å². The average molecular weight is 276 g/mol. The molecule has 1 aliphatic rings. The molecule has 1 aliphatic heterocycles. The van der Waals surface area contributed by atoms with E-state index in [1.165, 1.54) is 16.7 Å². The highest BCUT2D eigenvalue weighted by Crippen LogP contribution is 2.32. The molecule has 1 radical (unpaired) electrons. The van der Waals surface area contributed by atoms with Crippen LogP contribution in [-0.4, -0.2) is 26.4 Å². The number of benzene rings is 1. The van der Waals surface area contributed by atoms with Crippen LogP contribution in [-0.2, 0) is 33.5 Å². The molecule has 4 heteroatoms. The van der Waals surface area contributed by atoms with Gasteiger partial charge in [-0.05, 0) is 55.4 Å². The molecule has 4 nitrogen and oxygen atoms in total. The zero-order valence-electron chi connectivity index (χ0n) is 12.3. The van der Waals surface area contributed by atoms with Crippen LogP contribution in [0.3, 0.4) is 0 Å². The summed E-state index contributed by atoms with van der Waals surface area (Å²) in [6.45, 7) is 6.99. The predicted molar refractivity (Wildman–Crippen MR) is 78.7 cm³/mol. The minimum absolute atomic E-state index is 0.101. The summed E-state index contributed by atoms with van der Waals surface area (Å²) >= 11 is 0. The fourth-order valence-electron chi connectivity index (χ4n) is 2.71. The first-order valence-corrected chi connectivity index (χ1v) is 6.97. The van der Waals surface area contributed by atoms with Crippen LogP contribution in [0.1, 0.15) is 28.7 Å². The van der Waals surface area contributed by atoms with Crippen LogP contribution in [0.5, 0.6) is 0 Å². The minimum atomic E-state index is 0.101. The lowest BCUT2D eigenvalue weighted by Gasteiger charge is -2.23. The van der Waals surface area contributed by atoms with E-state index in [1.54, 1.807) is 7.11 Å². The van der Waals surface area contributed by atoms with Crippen molar-refractivity contribution in [3.8, 4) is 0 Å². The number of hydrogen-bond acceptors (Lipinski definition) is 3. The fourth-order valence-corrected chi connectivity index (χ4v) is 2.71. The van der Waals surface area contributed by atoms with E-state index in [0.29, 0.717) is 19.8 Å². The summed E-state index contributed by atoms with van der Waals surface area (Å²) in [5.74, 6) is 0.101. The van der Waals surface area contributed by atoms with Gasteiger partial charge in [-0.2, -0.15) is 0 Å². The first-order valence-electron chi connectivity index (χ1n) is 6.97. The molecule has 2 rings (SSSR count). The number of fused-ring (bicyclic) bond motifs is 1. The molecule has 1 heterocycles. The molecular formula is C16H22NO3. The number of carbonyl (C=O) groups excluding carboxylic acids is 1. The van der Waals surface area contributed by atoms with Crippen molar-refractivity contribution in [3.05, 3.63) is 35.2 Å². The van der Waals surface area contributed by atoms with E-state index < -0.39 is 0 Å². The van der Waals surface area contributed by atoms with Crippen molar-refractivity contribution >= 4 is 11.6 Å². The van der Waals surface area contributed by atoms with Gasteiger partial charge >= 0.3 is 0 Å². The third-order valence-corrected chi connectivity index (χ3v) is 3.74. The maximum absolute atomic E-state index is 11.6. The molecule has 1 aromatic carbocycles. The summed E-state index contributed by atoms with van der Waals surface area (Å²) < 4.78 is 10.3. The molecule has 0 spiro atoms. The van der Waals surface area contributed by atoms with Gasteiger partial charge < -0.3 is 14.8 Å². The van der Waals surface area contributed by atoms with Crippen molar-refractivity contribution < 1.29 is 14.3 Å². The van der Waals surface area contributed by atoms with Crippen molar-refractivity contribution in [3.63, 3.8) is 0 Å². The Morgan fingerprint density at radius 1 is 1.40 bits per heavy atom. The van der Waals surface area contributed by atoms with Gasteiger partial charge in [0, 0.05) is 19.2 Å². The average Bonchev–Trinajstić information content (AvgIpc) is 2.45. The second-order valence-corrected chi connectivity index (χ2v) is 5.04. The van der Waals surface area contributed by atoms with E-state index in [0.717, 1.165) is 30.5 Å². The number of anilines is 1. The Hall–Kier alpha value is -1.39. The lowest BCUT2D eigenvalue weighted by molar-refractivity contribution is -0.116. The van der Waals surface area contributed by atoms with E-state index in [-0.39, 0.29) is 5.91 Å². The molecule has 0 fully saturated rings. The first kappa shape index (κ1) is 15.0. The highest BCUT2D eigenvalue weighted by molar-refractivity contribution is 5.95. The Kier molecular flexibility index (Phi) is 5.15. The maximum Gasteiger partial charge on any atom is 0.224 e. The zero-order valence-corrected chi connectivity index (χ0v) is 12.3. The van der Waals surface area contributed by atoms with Gasteiger partial charge in [-0.1, -0.05) is 6.07 Å². The molecule has 0 unspecified atom stereocenters. The first-order chi connectivity index (χ1) is 9.67. The number of carbonyl (C=O) groups is 1. The lowest BCUT2D eigenvalue weighted by atomic mass is 9.89. The molecule has 20 heavy (non-hydrogen) atoms. The van der Waals surface area contributed by atoms with Gasteiger partial charge in [0.2, 0.25) is 5.91 Å². The summed E-state index contributed by atoms with van der Waals surface area (Å²) in [4.78, 5) is 11.6. The topological polar surface area (TPSA) is 47.6 Å². The molecule has 1 N–H and O–H groups in total. The van der Waals surface area contributed by atoms with Crippen molar-refractivity contribution in [2.75, 3.05) is 25.8 Å². The molecule has 0 aliphatic carbocycles. The molecule has 1 aromatic rings. The predicted octanol–water partition coefficient (Wildman–Crippen LogP) is 2.42. The quantitative estimate of drug-likeness (QED) is 0.641. The SMILES string of the molecule is [CH2]Cc1cc2c(c(C)c1CCOCOC)NC(=O)CC2. The summed E-state index contributed by atoms with van der Waals surface area (Å²) in [5, 5.41) is 3.00. The highest BCUT2D eigenvalue weighted by atomic mass is 16.7. The second-order valence-electron chi connectivity index (χ2n) is 5.04. The van der Waals surface area contributed by atoms with Crippen LogP contribution < -0.4 is 5.32 Å². The molecule has 109 valence electrons. The van der Waals surface area contributed by atoms with Crippen LogP contribution in [0.15, 0.2) is 6.07 Å².